The summed E-state index contributed by atoms with van der Waals surface area (Å²) in [6.07, 6.45) is -0.968. The molecule has 0 aliphatic heterocycles. The zero-order chi connectivity index (χ0) is 11.6. The fourth-order valence-corrected chi connectivity index (χ4v) is 1.22. The van der Waals surface area contributed by atoms with Crippen LogP contribution < -0.4 is 4.74 Å². The molecule has 0 bridgehead atoms. The van der Waals surface area contributed by atoms with Crippen LogP contribution in [0, 0.1) is 6.92 Å². The average molecular weight is 231 g/mol. The average Bonchev–Trinajstić information content (AvgIpc) is 2.18. The highest BCUT2D eigenvalue weighted by molar-refractivity contribution is 6.32. The van der Waals surface area contributed by atoms with Crippen LogP contribution in [0.2, 0.25) is 5.02 Å². The highest BCUT2D eigenvalue weighted by Gasteiger charge is 2.15. The highest BCUT2D eigenvalue weighted by atomic mass is 35.5. The van der Waals surface area contributed by atoms with Crippen molar-refractivity contribution in [3.8, 4) is 11.5 Å². The fraction of sp³-hybridized carbons (Fsp3) is 0.300. The van der Waals surface area contributed by atoms with Gasteiger partial charge in [0.15, 0.2) is 6.10 Å². The minimum Gasteiger partial charge on any atom is -0.506 e. The van der Waals surface area contributed by atoms with Gasteiger partial charge in [-0.25, -0.2) is 4.79 Å². The number of halogens is 1. The van der Waals surface area contributed by atoms with Crippen LogP contribution in [-0.4, -0.2) is 22.3 Å². The van der Waals surface area contributed by atoms with Gasteiger partial charge in [-0.15, -0.1) is 0 Å². The molecule has 2 N–H and O–H groups in total. The summed E-state index contributed by atoms with van der Waals surface area (Å²) in [6.45, 7) is 3.01. The van der Waals surface area contributed by atoms with Crippen LogP contribution in [0.5, 0.6) is 11.5 Å². The van der Waals surface area contributed by atoms with Gasteiger partial charge in [-0.05, 0) is 26.0 Å². The first kappa shape index (κ1) is 11.7. The number of phenols is 1. The predicted octanol–water partition coefficient (Wildman–Crippen LogP) is 2.21. The van der Waals surface area contributed by atoms with Gasteiger partial charge in [0.05, 0.1) is 5.02 Å². The first-order chi connectivity index (χ1) is 6.93. The largest absolute Gasteiger partial charge is 0.506 e. The molecule has 0 saturated carbocycles. The number of aliphatic carboxylic acids is 1. The molecule has 1 unspecified atom stereocenters. The predicted molar refractivity (Wildman–Crippen MR) is 55.6 cm³/mol. The third kappa shape index (κ3) is 2.53. The van der Waals surface area contributed by atoms with Gasteiger partial charge in [0.1, 0.15) is 11.5 Å². The SMILES string of the molecule is Cc1c(OC(C)C(=O)O)ccc(Cl)c1O. The van der Waals surface area contributed by atoms with Gasteiger partial charge in [-0.2, -0.15) is 0 Å². The van der Waals surface area contributed by atoms with Crippen LogP contribution in [0.15, 0.2) is 12.1 Å². The van der Waals surface area contributed by atoms with Crippen molar-refractivity contribution in [3.05, 3.63) is 22.7 Å². The summed E-state index contributed by atoms with van der Waals surface area (Å²) in [5, 5.41) is 18.3. The first-order valence-corrected chi connectivity index (χ1v) is 4.68. The second kappa shape index (κ2) is 4.40. The third-order valence-electron chi connectivity index (χ3n) is 1.98. The lowest BCUT2D eigenvalue weighted by Gasteiger charge is -2.13. The second-order valence-corrected chi connectivity index (χ2v) is 3.52. The minimum absolute atomic E-state index is 0.0910. The van der Waals surface area contributed by atoms with Gasteiger partial charge in [0.25, 0.3) is 0 Å². The molecule has 0 saturated heterocycles. The summed E-state index contributed by atoms with van der Waals surface area (Å²) < 4.78 is 5.12. The number of carbonyl (C=O) groups is 1. The molecule has 0 radical (unpaired) electrons. The molecule has 15 heavy (non-hydrogen) atoms. The van der Waals surface area contributed by atoms with Crippen molar-refractivity contribution in [2.24, 2.45) is 0 Å². The monoisotopic (exact) mass is 230 g/mol. The normalized spacial score (nSPS) is 12.2. The van der Waals surface area contributed by atoms with Crippen LogP contribution in [0.3, 0.4) is 0 Å². The molecule has 0 spiro atoms. The zero-order valence-electron chi connectivity index (χ0n) is 8.32. The molecule has 0 aromatic heterocycles. The van der Waals surface area contributed by atoms with Gasteiger partial charge in [-0.3, -0.25) is 0 Å². The Morgan fingerprint density at radius 3 is 2.67 bits per heavy atom. The molecular weight excluding hydrogens is 220 g/mol. The number of phenolic OH excluding ortho intramolecular Hbond substituents is 1. The van der Waals surface area contributed by atoms with Gasteiger partial charge < -0.3 is 14.9 Å². The van der Waals surface area contributed by atoms with E-state index in [2.05, 4.69) is 0 Å². The van der Waals surface area contributed by atoms with Crippen molar-refractivity contribution in [1.29, 1.82) is 0 Å². The maximum Gasteiger partial charge on any atom is 0.344 e. The second-order valence-electron chi connectivity index (χ2n) is 3.12. The minimum atomic E-state index is -1.07. The lowest BCUT2D eigenvalue weighted by Crippen LogP contribution is -2.23. The molecule has 1 aromatic carbocycles. The van der Waals surface area contributed by atoms with Crippen molar-refractivity contribution < 1.29 is 19.7 Å². The van der Waals surface area contributed by atoms with E-state index in [9.17, 15) is 9.90 Å². The van der Waals surface area contributed by atoms with Crippen molar-refractivity contribution in [1.82, 2.24) is 0 Å². The molecule has 0 amide bonds. The van der Waals surface area contributed by atoms with Crippen LogP contribution in [0.25, 0.3) is 0 Å². The maximum absolute atomic E-state index is 10.6. The number of benzene rings is 1. The summed E-state index contributed by atoms with van der Waals surface area (Å²) in [6, 6.07) is 2.98. The van der Waals surface area contributed by atoms with E-state index in [1.54, 1.807) is 6.92 Å². The smallest absolute Gasteiger partial charge is 0.344 e. The number of rotatable bonds is 3. The number of hydrogen-bond acceptors (Lipinski definition) is 3. The van der Waals surface area contributed by atoms with Crippen molar-refractivity contribution >= 4 is 17.6 Å². The van der Waals surface area contributed by atoms with E-state index in [4.69, 9.17) is 21.4 Å². The zero-order valence-corrected chi connectivity index (χ0v) is 9.08. The van der Waals surface area contributed by atoms with Crippen LogP contribution >= 0.6 is 11.6 Å². The van der Waals surface area contributed by atoms with E-state index >= 15 is 0 Å². The van der Waals surface area contributed by atoms with Gasteiger partial charge in [-0.1, -0.05) is 11.6 Å². The van der Waals surface area contributed by atoms with Gasteiger partial charge in [0, 0.05) is 5.56 Å². The van der Waals surface area contributed by atoms with E-state index < -0.39 is 12.1 Å². The van der Waals surface area contributed by atoms with E-state index in [1.807, 2.05) is 0 Å². The Hall–Kier alpha value is -1.42. The standard InChI is InChI=1S/C10H11ClO4/c1-5-8(15-6(2)10(13)14)4-3-7(11)9(5)12/h3-4,6,12H,1-2H3,(H,13,14). The number of ether oxygens (including phenoxy) is 1. The van der Waals surface area contributed by atoms with Gasteiger partial charge >= 0.3 is 5.97 Å². The topological polar surface area (TPSA) is 66.8 Å². The van der Waals surface area contributed by atoms with E-state index in [1.165, 1.54) is 19.1 Å². The Morgan fingerprint density at radius 2 is 2.13 bits per heavy atom. The van der Waals surface area contributed by atoms with Crippen LogP contribution in [0.4, 0.5) is 0 Å². The molecule has 0 aliphatic carbocycles. The molecule has 0 fully saturated rings. The quantitative estimate of drug-likeness (QED) is 0.836. The maximum atomic E-state index is 10.6. The molecule has 0 heterocycles. The van der Waals surface area contributed by atoms with E-state index in [-0.39, 0.29) is 10.8 Å². The Kier molecular flexibility index (Phi) is 3.42. The van der Waals surface area contributed by atoms with Crippen molar-refractivity contribution in [2.75, 3.05) is 0 Å². The Labute approximate surface area is 92.1 Å². The summed E-state index contributed by atoms with van der Waals surface area (Å²) in [4.78, 5) is 10.6. The summed E-state index contributed by atoms with van der Waals surface area (Å²) in [5.74, 6) is -0.845. The summed E-state index contributed by atoms with van der Waals surface area (Å²) in [7, 11) is 0. The first-order valence-electron chi connectivity index (χ1n) is 4.31. The molecule has 82 valence electrons. The molecular formula is C10H11ClO4. The van der Waals surface area contributed by atoms with Crippen molar-refractivity contribution in [2.45, 2.75) is 20.0 Å². The lowest BCUT2D eigenvalue weighted by atomic mass is 10.2. The van der Waals surface area contributed by atoms with E-state index in [0.717, 1.165) is 0 Å². The van der Waals surface area contributed by atoms with Crippen LogP contribution in [0.1, 0.15) is 12.5 Å². The number of carboxylic acid groups (broad SMARTS) is 1. The van der Waals surface area contributed by atoms with Gasteiger partial charge in [0.2, 0.25) is 0 Å². The molecule has 5 heteroatoms. The third-order valence-corrected chi connectivity index (χ3v) is 2.29. The summed E-state index contributed by atoms with van der Waals surface area (Å²) >= 11 is 5.66. The highest BCUT2D eigenvalue weighted by Crippen LogP contribution is 2.33. The Morgan fingerprint density at radius 1 is 1.53 bits per heavy atom. The molecule has 1 atom stereocenters. The summed E-state index contributed by atoms with van der Waals surface area (Å²) in [5.41, 5.74) is 0.426. The fourth-order valence-electron chi connectivity index (χ4n) is 1.02. The van der Waals surface area contributed by atoms with Crippen molar-refractivity contribution in [3.63, 3.8) is 0 Å². The number of hydrogen-bond donors (Lipinski definition) is 2. The Balaban J connectivity index is 2.97. The van der Waals surface area contributed by atoms with E-state index in [0.29, 0.717) is 11.3 Å². The molecule has 4 nitrogen and oxygen atoms in total. The number of carboxylic acids is 1. The molecule has 1 rings (SSSR count). The lowest BCUT2D eigenvalue weighted by molar-refractivity contribution is -0.144. The molecule has 1 aromatic rings. The molecule has 0 aliphatic rings. The van der Waals surface area contributed by atoms with Crippen LogP contribution in [-0.2, 0) is 4.79 Å². The number of aromatic hydroxyl groups is 1. The Bertz CT molecular complexity index is 389.